The molecule has 3 rings (SSSR count). The van der Waals surface area contributed by atoms with Crippen molar-refractivity contribution in [3.63, 3.8) is 0 Å². The van der Waals surface area contributed by atoms with Crippen molar-refractivity contribution in [2.45, 2.75) is 13.0 Å². The van der Waals surface area contributed by atoms with Gasteiger partial charge in [0.05, 0.1) is 14.2 Å². The highest BCUT2D eigenvalue weighted by Gasteiger charge is 2.21. The number of carbonyl (C=O) groups is 1. The third kappa shape index (κ3) is 5.54. The van der Waals surface area contributed by atoms with E-state index in [-0.39, 0.29) is 5.75 Å². The van der Waals surface area contributed by atoms with Crippen molar-refractivity contribution in [2.75, 3.05) is 25.8 Å². The summed E-state index contributed by atoms with van der Waals surface area (Å²) < 4.78 is 15.0. The van der Waals surface area contributed by atoms with Crippen LogP contribution in [0.1, 0.15) is 17.5 Å². The van der Waals surface area contributed by atoms with E-state index in [1.165, 1.54) is 32.0 Å². The van der Waals surface area contributed by atoms with Crippen molar-refractivity contribution in [3.8, 4) is 22.9 Å². The molecular formula is C21H22N4O5S. The van der Waals surface area contributed by atoms with E-state index in [4.69, 9.17) is 9.26 Å². The third-order valence-corrected chi connectivity index (χ3v) is 5.04. The summed E-state index contributed by atoms with van der Waals surface area (Å²) in [5.74, 6) is 1.49. The lowest BCUT2D eigenvalue weighted by molar-refractivity contribution is 0.182. The van der Waals surface area contributed by atoms with Crippen molar-refractivity contribution in [1.29, 1.82) is 0 Å². The van der Waals surface area contributed by atoms with Gasteiger partial charge in [-0.25, -0.2) is 4.79 Å². The highest BCUT2D eigenvalue weighted by Crippen LogP contribution is 2.32. The van der Waals surface area contributed by atoms with E-state index in [0.717, 1.165) is 11.3 Å². The first-order valence-electron chi connectivity index (χ1n) is 9.19. The zero-order valence-corrected chi connectivity index (χ0v) is 18.3. The Balaban J connectivity index is 1.97. The van der Waals surface area contributed by atoms with E-state index in [9.17, 15) is 9.90 Å². The van der Waals surface area contributed by atoms with Gasteiger partial charge in [0, 0.05) is 24.2 Å². The number of nitrogens with zero attached hydrogens (tertiary/aromatic N) is 3. The standard InChI is InChI=1S/C21H22N4O5S/c1-12-22-19(25-30-12)13-5-7-15(8-6-13)23-18(20(31-4)24-21(27)29-3)14-9-16(26)11-17(10-14)28-2/h5-11,18,23,26H,1-4H3. The highest BCUT2D eigenvalue weighted by atomic mass is 32.2. The molecule has 1 unspecified atom stereocenters. The van der Waals surface area contributed by atoms with Gasteiger partial charge in [0.1, 0.15) is 22.6 Å². The van der Waals surface area contributed by atoms with Crippen molar-refractivity contribution in [3.05, 3.63) is 53.9 Å². The summed E-state index contributed by atoms with van der Waals surface area (Å²) in [6.45, 7) is 1.73. The zero-order chi connectivity index (χ0) is 22.4. The van der Waals surface area contributed by atoms with Crippen LogP contribution >= 0.6 is 11.8 Å². The molecule has 31 heavy (non-hydrogen) atoms. The molecule has 0 aliphatic rings. The molecule has 10 heteroatoms. The molecule has 1 atom stereocenters. The number of amides is 1. The number of thioether (sulfide) groups is 1. The van der Waals surface area contributed by atoms with Gasteiger partial charge in [0.2, 0.25) is 11.7 Å². The molecule has 1 heterocycles. The van der Waals surface area contributed by atoms with Crippen LogP contribution in [-0.4, -0.2) is 46.9 Å². The first-order chi connectivity index (χ1) is 14.9. The molecule has 9 nitrogen and oxygen atoms in total. The van der Waals surface area contributed by atoms with Gasteiger partial charge in [-0.2, -0.15) is 9.98 Å². The number of ether oxygens (including phenoxy) is 2. The maximum atomic E-state index is 11.8. The minimum Gasteiger partial charge on any atom is -0.508 e. The van der Waals surface area contributed by atoms with Crippen molar-refractivity contribution < 1.29 is 23.9 Å². The van der Waals surface area contributed by atoms with Crippen molar-refractivity contribution in [2.24, 2.45) is 4.99 Å². The van der Waals surface area contributed by atoms with Gasteiger partial charge < -0.3 is 24.4 Å². The number of benzene rings is 2. The average molecular weight is 442 g/mol. The highest BCUT2D eigenvalue weighted by molar-refractivity contribution is 8.13. The fourth-order valence-electron chi connectivity index (χ4n) is 2.84. The van der Waals surface area contributed by atoms with E-state index in [1.807, 2.05) is 24.3 Å². The normalized spacial score (nSPS) is 12.3. The zero-order valence-electron chi connectivity index (χ0n) is 17.4. The van der Waals surface area contributed by atoms with Crippen molar-refractivity contribution >= 4 is 28.6 Å². The SMILES string of the molecule is COC(=O)N=C(SC)C(Nc1ccc(-c2noc(C)n2)cc1)c1cc(O)cc(OC)c1. The molecule has 0 saturated heterocycles. The lowest BCUT2D eigenvalue weighted by atomic mass is 10.1. The molecular weight excluding hydrogens is 420 g/mol. The number of methoxy groups -OCH3 is 2. The van der Waals surface area contributed by atoms with E-state index >= 15 is 0 Å². The van der Waals surface area contributed by atoms with Crippen LogP contribution in [0, 0.1) is 6.92 Å². The Kier molecular flexibility index (Phi) is 7.14. The largest absolute Gasteiger partial charge is 0.508 e. The average Bonchev–Trinajstić information content (AvgIpc) is 3.22. The van der Waals surface area contributed by atoms with Gasteiger partial charge in [0.15, 0.2) is 0 Å². The van der Waals surface area contributed by atoms with E-state index in [0.29, 0.717) is 28.1 Å². The maximum Gasteiger partial charge on any atom is 0.434 e. The number of hydrogen-bond acceptors (Lipinski definition) is 9. The van der Waals surface area contributed by atoms with Crippen LogP contribution in [0.5, 0.6) is 11.5 Å². The van der Waals surface area contributed by atoms with Gasteiger partial charge in [-0.15, -0.1) is 11.8 Å². The summed E-state index contributed by atoms with van der Waals surface area (Å²) in [5.41, 5.74) is 2.21. The molecule has 0 aliphatic heterocycles. The van der Waals surface area contributed by atoms with Crippen molar-refractivity contribution in [1.82, 2.24) is 10.1 Å². The predicted molar refractivity (Wildman–Crippen MR) is 119 cm³/mol. The molecule has 0 fully saturated rings. The molecule has 1 aromatic heterocycles. The number of hydrogen-bond donors (Lipinski definition) is 2. The quantitative estimate of drug-likeness (QED) is 0.422. The summed E-state index contributed by atoms with van der Waals surface area (Å²) in [7, 11) is 2.78. The number of aromatic hydroxyl groups is 1. The van der Waals surface area contributed by atoms with Crippen LogP contribution in [0.3, 0.4) is 0 Å². The van der Waals surface area contributed by atoms with E-state index < -0.39 is 12.1 Å². The summed E-state index contributed by atoms with van der Waals surface area (Å²) in [4.78, 5) is 20.1. The molecule has 0 spiro atoms. The Hall–Kier alpha value is -3.53. The summed E-state index contributed by atoms with van der Waals surface area (Å²) in [5, 5.41) is 17.8. The number of aliphatic imine (C=N–C) groups is 1. The lowest BCUT2D eigenvalue weighted by Crippen LogP contribution is -2.20. The maximum absolute atomic E-state index is 11.8. The second-order valence-corrected chi connectivity index (χ2v) is 7.21. The minimum atomic E-state index is -0.717. The smallest absolute Gasteiger partial charge is 0.434 e. The second kappa shape index (κ2) is 9.98. The molecule has 0 radical (unpaired) electrons. The fraction of sp³-hybridized carbons (Fsp3) is 0.238. The van der Waals surface area contributed by atoms with Gasteiger partial charge >= 0.3 is 6.09 Å². The number of aromatic nitrogens is 2. The number of carbonyl (C=O) groups excluding carboxylic acids is 1. The molecule has 0 bridgehead atoms. The number of phenolic OH excluding ortho intramolecular Hbond substituents is 1. The Bertz CT molecular complexity index is 1080. The summed E-state index contributed by atoms with van der Waals surface area (Å²) in [6.07, 6.45) is 1.09. The van der Waals surface area contributed by atoms with Crippen LogP contribution in [0.4, 0.5) is 10.5 Å². The third-order valence-electron chi connectivity index (χ3n) is 4.30. The van der Waals surface area contributed by atoms with Gasteiger partial charge in [-0.1, -0.05) is 5.16 Å². The number of rotatable bonds is 6. The van der Waals surface area contributed by atoms with Gasteiger partial charge in [-0.05, 0) is 48.2 Å². The van der Waals surface area contributed by atoms with Gasteiger partial charge in [-0.3, -0.25) is 0 Å². The molecule has 0 aliphatic carbocycles. The lowest BCUT2D eigenvalue weighted by Gasteiger charge is -2.22. The van der Waals surface area contributed by atoms with E-state index in [2.05, 4.69) is 25.2 Å². The van der Waals surface area contributed by atoms with Gasteiger partial charge in [0.25, 0.3) is 0 Å². The van der Waals surface area contributed by atoms with Crippen LogP contribution in [-0.2, 0) is 4.74 Å². The first-order valence-corrected chi connectivity index (χ1v) is 10.4. The first kappa shape index (κ1) is 22.2. The van der Waals surface area contributed by atoms with Crippen LogP contribution in [0.15, 0.2) is 52.0 Å². The topological polar surface area (TPSA) is 119 Å². The number of nitrogens with one attached hydrogen (secondary N) is 1. The summed E-state index contributed by atoms with van der Waals surface area (Å²) >= 11 is 1.29. The fourth-order valence-corrected chi connectivity index (χ4v) is 3.44. The summed E-state index contributed by atoms with van der Waals surface area (Å²) in [6, 6.07) is 11.7. The Morgan fingerprint density at radius 1 is 1.23 bits per heavy atom. The number of phenols is 1. The van der Waals surface area contributed by atoms with Crippen LogP contribution in [0.25, 0.3) is 11.4 Å². The Morgan fingerprint density at radius 3 is 2.55 bits per heavy atom. The Morgan fingerprint density at radius 2 is 1.97 bits per heavy atom. The molecule has 2 aromatic carbocycles. The molecule has 3 aromatic rings. The van der Waals surface area contributed by atoms with Crippen LogP contribution in [0.2, 0.25) is 0 Å². The molecule has 162 valence electrons. The second-order valence-electron chi connectivity index (χ2n) is 6.38. The monoisotopic (exact) mass is 442 g/mol. The number of aryl methyl sites for hydroxylation is 1. The Labute approximate surface area is 183 Å². The molecule has 0 saturated carbocycles. The van der Waals surface area contributed by atoms with E-state index in [1.54, 1.807) is 25.3 Å². The number of anilines is 1. The molecule has 1 amide bonds. The minimum absolute atomic E-state index is 0.0301. The predicted octanol–water partition coefficient (Wildman–Crippen LogP) is 4.44. The van der Waals surface area contributed by atoms with Crippen LogP contribution < -0.4 is 10.1 Å². The molecule has 2 N–H and O–H groups in total.